The summed E-state index contributed by atoms with van der Waals surface area (Å²) in [5, 5.41) is 8.38. The minimum Gasteiger partial charge on any atom is -0.369 e. The van der Waals surface area contributed by atoms with Crippen molar-refractivity contribution in [2.75, 3.05) is 11.9 Å². The Morgan fingerprint density at radius 3 is 2.86 bits per heavy atom. The van der Waals surface area contributed by atoms with E-state index >= 15 is 0 Å². The van der Waals surface area contributed by atoms with Gasteiger partial charge in [-0.1, -0.05) is 23.7 Å². The molecule has 0 radical (unpaired) electrons. The number of thiophene rings is 1. The zero-order chi connectivity index (χ0) is 15.3. The highest BCUT2D eigenvalue weighted by Crippen LogP contribution is 2.39. The fourth-order valence-electron chi connectivity index (χ4n) is 2.94. The van der Waals surface area contributed by atoms with Crippen LogP contribution in [0.5, 0.6) is 0 Å². The average molecular weight is 330 g/mol. The fraction of sp³-hybridized carbons (Fsp3) is 0.235. The van der Waals surface area contributed by atoms with Crippen LogP contribution in [-0.4, -0.2) is 16.3 Å². The largest absolute Gasteiger partial charge is 0.369 e. The van der Waals surface area contributed by atoms with Crippen molar-refractivity contribution in [3.05, 3.63) is 51.4 Å². The van der Waals surface area contributed by atoms with Gasteiger partial charge in [0.15, 0.2) is 0 Å². The molecule has 0 saturated carbocycles. The first kappa shape index (κ1) is 13.9. The van der Waals surface area contributed by atoms with E-state index in [-0.39, 0.29) is 0 Å². The minimum absolute atomic E-state index is 0.802. The van der Waals surface area contributed by atoms with E-state index < -0.39 is 0 Å². The van der Waals surface area contributed by atoms with E-state index in [2.05, 4.69) is 43.4 Å². The van der Waals surface area contributed by atoms with Gasteiger partial charge in [0, 0.05) is 12.1 Å². The smallest absolute Gasteiger partial charge is 0.133 e. The van der Waals surface area contributed by atoms with E-state index in [4.69, 9.17) is 16.7 Å². The highest BCUT2D eigenvalue weighted by molar-refractivity contribution is 7.19. The zero-order valence-electron chi connectivity index (χ0n) is 12.5. The number of rotatable bonds is 2. The Hall–Kier alpha value is -1.78. The Bertz CT molecular complexity index is 863. The van der Waals surface area contributed by atoms with E-state index in [9.17, 15) is 0 Å². The third kappa shape index (κ3) is 2.14. The van der Waals surface area contributed by atoms with Gasteiger partial charge >= 0.3 is 0 Å². The molecule has 2 aromatic heterocycles. The van der Waals surface area contributed by atoms with Crippen LogP contribution in [0.4, 0.5) is 5.82 Å². The molecule has 3 aromatic rings. The number of nitrogens with one attached hydrogen (secondary N) is 1. The lowest BCUT2D eigenvalue weighted by atomic mass is 10.1. The van der Waals surface area contributed by atoms with Gasteiger partial charge in [0.25, 0.3) is 0 Å². The normalized spacial score (nSPS) is 13.2. The number of anilines is 1. The van der Waals surface area contributed by atoms with Gasteiger partial charge in [-0.3, -0.25) is 0 Å². The summed E-state index contributed by atoms with van der Waals surface area (Å²) >= 11 is 7.68. The van der Waals surface area contributed by atoms with Crippen LogP contribution in [0.15, 0.2) is 30.3 Å². The quantitative estimate of drug-likeness (QED) is 0.729. The van der Waals surface area contributed by atoms with E-state index in [1.54, 1.807) is 11.3 Å². The van der Waals surface area contributed by atoms with Gasteiger partial charge in [-0.25, -0.2) is 4.68 Å². The topological polar surface area (TPSA) is 29.9 Å². The standard InChI is InChI=1S/C17H16ClN3S/c1-10-3-4-11(2)13(9-10)21-17-12(7-8-19-17)16(20-21)14-5-6-15(18)22-14/h3-6,9,19H,7-8H2,1-2H3. The maximum absolute atomic E-state index is 6.10. The third-order valence-corrected chi connectivity index (χ3v) is 5.29. The molecule has 0 unspecified atom stereocenters. The molecule has 0 spiro atoms. The number of aryl methyl sites for hydroxylation is 2. The van der Waals surface area contributed by atoms with E-state index in [0.717, 1.165) is 39.4 Å². The van der Waals surface area contributed by atoms with Crippen LogP contribution < -0.4 is 5.32 Å². The van der Waals surface area contributed by atoms with Gasteiger partial charge in [-0.15, -0.1) is 11.3 Å². The van der Waals surface area contributed by atoms with Gasteiger partial charge in [-0.2, -0.15) is 5.10 Å². The van der Waals surface area contributed by atoms with Crippen molar-refractivity contribution in [1.29, 1.82) is 0 Å². The molecule has 3 nitrogen and oxygen atoms in total. The summed E-state index contributed by atoms with van der Waals surface area (Å²) in [6.45, 7) is 5.20. The number of fused-ring (bicyclic) bond motifs is 1. The van der Waals surface area contributed by atoms with Crippen molar-refractivity contribution in [3.8, 4) is 16.3 Å². The summed E-state index contributed by atoms with van der Waals surface area (Å²) in [5.41, 5.74) is 5.95. The van der Waals surface area contributed by atoms with E-state index in [1.165, 1.54) is 16.7 Å². The van der Waals surface area contributed by atoms with Crippen LogP contribution in [0.2, 0.25) is 4.34 Å². The van der Waals surface area contributed by atoms with Crippen molar-refractivity contribution in [3.63, 3.8) is 0 Å². The number of benzene rings is 1. The molecule has 0 aliphatic carbocycles. The molecule has 22 heavy (non-hydrogen) atoms. The Kier molecular flexibility index (Phi) is 3.24. The fourth-order valence-corrected chi connectivity index (χ4v) is 3.99. The van der Waals surface area contributed by atoms with Gasteiger partial charge in [0.1, 0.15) is 11.5 Å². The Balaban J connectivity index is 1.93. The maximum atomic E-state index is 6.10. The first-order chi connectivity index (χ1) is 10.6. The summed E-state index contributed by atoms with van der Waals surface area (Å²) in [4.78, 5) is 1.13. The molecule has 4 rings (SSSR count). The molecule has 0 atom stereocenters. The zero-order valence-corrected chi connectivity index (χ0v) is 14.1. The SMILES string of the molecule is Cc1ccc(C)c(-n2nc(-c3ccc(Cl)s3)c3c2NCC3)c1. The number of aromatic nitrogens is 2. The predicted octanol–water partition coefficient (Wildman–Crippen LogP) is 4.84. The third-order valence-electron chi connectivity index (χ3n) is 4.05. The van der Waals surface area contributed by atoms with Gasteiger partial charge in [0.05, 0.1) is 14.9 Å². The van der Waals surface area contributed by atoms with E-state index in [0.29, 0.717) is 0 Å². The minimum atomic E-state index is 0.802. The Labute approximate surface area is 138 Å². The Morgan fingerprint density at radius 1 is 1.23 bits per heavy atom. The summed E-state index contributed by atoms with van der Waals surface area (Å²) in [6.07, 6.45) is 1.01. The van der Waals surface area contributed by atoms with Crippen molar-refractivity contribution in [2.24, 2.45) is 0 Å². The molecule has 0 bridgehead atoms. The van der Waals surface area contributed by atoms with Crippen LogP contribution in [0, 0.1) is 13.8 Å². The molecular formula is C17H16ClN3S. The molecule has 0 amide bonds. The number of hydrogen-bond donors (Lipinski definition) is 1. The number of halogens is 1. The summed E-state index contributed by atoms with van der Waals surface area (Å²) in [6, 6.07) is 10.5. The molecule has 0 fully saturated rings. The monoisotopic (exact) mass is 329 g/mol. The second kappa shape index (κ2) is 5.14. The number of hydrogen-bond acceptors (Lipinski definition) is 3. The van der Waals surface area contributed by atoms with Crippen LogP contribution in [0.1, 0.15) is 16.7 Å². The molecular weight excluding hydrogens is 314 g/mol. The molecule has 1 aromatic carbocycles. The average Bonchev–Trinajstić information content (AvgIpc) is 3.17. The van der Waals surface area contributed by atoms with Crippen LogP contribution >= 0.6 is 22.9 Å². The van der Waals surface area contributed by atoms with Crippen LogP contribution in [0.25, 0.3) is 16.3 Å². The van der Waals surface area contributed by atoms with Crippen molar-refractivity contribution in [2.45, 2.75) is 20.3 Å². The maximum Gasteiger partial charge on any atom is 0.133 e. The highest BCUT2D eigenvalue weighted by atomic mass is 35.5. The van der Waals surface area contributed by atoms with Crippen molar-refractivity contribution >= 4 is 28.8 Å². The predicted molar refractivity (Wildman–Crippen MR) is 93.6 cm³/mol. The summed E-state index contributed by atoms with van der Waals surface area (Å²) in [7, 11) is 0. The lowest BCUT2D eigenvalue weighted by Gasteiger charge is -2.10. The number of nitrogens with zero attached hydrogens (tertiary/aromatic N) is 2. The second-order valence-corrected chi connectivity index (χ2v) is 7.37. The van der Waals surface area contributed by atoms with Gasteiger partial charge < -0.3 is 5.32 Å². The van der Waals surface area contributed by atoms with Crippen molar-refractivity contribution < 1.29 is 0 Å². The second-order valence-electron chi connectivity index (χ2n) is 5.66. The van der Waals surface area contributed by atoms with Crippen LogP contribution in [0.3, 0.4) is 0 Å². The molecule has 5 heteroatoms. The van der Waals surface area contributed by atoms with E-state index in [1.807, 2.05) is 10.7 Å². The van der Waals surface area contributed by atoms with Crippen LogP contribution in [-0.2, 0) is 6.42 Å². The van der Waals surface area contributed by atoms with Gasteiger partial charge in [-0.05, 0) is 49.6 Å². The summed E-state index contributed by atoms with van der Waals surface area (Å²) in [5.74, 6) is 1.12. The molecule has 0 saturated heterocycles. The molecule has 1 aliphatic rings. The molecule has 112 valence electrons. The Morgan fingerprint density at radius 2 is 2.09 bits per heavy atom. The van der Waals surface area contributed by atoms with Gasteiger partial charge in [0.2, 0.25) is 0 Å². The lowest BCUT2D eigenvalue weighted by molar-refractivity contribution is 0.875. The molecule has 3 heterocycles. The summed E-state index contributed by atoms with van der Waals surface area (Å²) < 4.78 is 2.85. The first-order valence-electron chi connectivity index (χ1n) is 7.32. The van der Waals surface area contributed by atoms with Crippen molar-refractivity contribution in [1.82, 2.24) is 9.78 Å². The highest BCUT2D eigenvalue weighted by Gasteiger charge is 2.25. The molecule has 1 aliphatic heterocycles. The first-order valence-corrected chi connectivity index (χ1v) is 8.52. The lowest BCUT2D eigenvalue weighted by Crippen LogP contribution is -2.05. The molecule has 1 N–H and O–H groups in total.